The Labute approximate surface area is 130 Å². The first-order chi connectivity index (χ1) is 9.38. The third-order valence-electron chi connectivity index (χ3n) is 2.56. The number of rotatable bonds is 4. The minimum absolute atomic E-state index is 0.0142. The molecular weight excluding hydrogens is 369 g/mol. The maximum absolute atomic E-state index is 13.0. The lowest BCUT2D eigenvalue weighted by Crippen LogP contribution is -2.23. The zero-order valence-electron chi connectivity index (χ0n) is 10.1. The molecule has 0 saturated carbocycles. The van der Waals surface area contributed by atoms with Crippen LogP contribution in [0, 0.1) is 5.82 Å². The summed E-state index contributed by atoms with van der Waals surface area (Å²) in [4.78, 5) is 0.0881. The first kappa shape index (κ1) is 15.4. The molecule has 0 amide bonds. The number of sulfonamides is 1. The van der Waals surface area contributed by atoms with Crippen molar-refractivity contribution in [3.63, 3.8) is 0 Å². The van der Waals surface area contributed by atoms with E-state index in [9.17, 15) is 12.8 Å². The van der Waals surface area contributed by atoms with Crippen LogP contribution in [0.2, 0.25) is 5.02 Å². The molecule has 0 aliphatic rings. The van der Waals surface area contributed by atoms with E-state index in [-0.39, 0.29) is 11.4 Å². The van der Waals surface area contributed by atoms with E-state index < -0.39 is 15.8 Å². The zero-order valence-corrected chi connectivity index (χ0v) is 13.3. The zero-order chi connectivity index (χ0) is 14.8. The summed E-state index contributed by atoms with van der Waals surface area (Å²) in [6.07, 6.45) is 0. The number of hydrogen-bond acceptors (Lipinski definition) is 2. The van der Waals surface area contributed by atoms with Crippen molar-refractivity contribution < 1.29 is 12.8 Å². The van der Waals surface area contributed by atoms with Crippen LogP contribution in [0.1, 0.15) is 5.56 Å². The van der Waals surface area contributed by atoms with E-state index in [0.717, 1.165) is 0 Å². The molecule has 0 aliphatic carbocycles. The summed E-state index contributed by atoms with van der Waals surface area (Å²) < 4.78 is 40.1. The molecule has 20 heavy (non-hydrogen) atoms. The van der Waals surface area contributed by atoms with Gasteiger partial charge >= 0.3 is 0 Å². The lowest BCUT2D eigenvalue weighted by atomic mass is 10.2. The van der Waals surface area contributed by atoms with Crippen molar-refractivity contribution in [1.82, 2.24) is 4.72 Å². The molecule has 1 N–H and O–H groups in total. The first-order valence-electron chi connectivity index (χ1n) is 5.58. The second-order valence-corrected chi connectivity index (χ2v) is 7.06. The second kappa shape index (κ2) is 6.22. The molecule has 7 heteroatoms. The smallest absolute Gasteiger partial charge is 0.207 e. The fourth-order valence-corrected chi connectivity index (χ4v) is 3.24. The molecule has 2 rings (SSSR count). The fraction of sp³-hybridized carbons (Fsp3) is 0.0769. The molecule has 2 aromatic carbocycles. The molecule has 0 aliphatic heterocycles. The normalized spacial score (nSPS) is 11.6. The van der Waals surface area contributed by atoms with Crippen molar-refractivity contribution in [2.24, 2.45) is 0 Å². The highest BCUT2D eigenvalue weighted by Crippen LogP contribution is 2.25. The highest BCUT2D eigenvalue weighted by Gasteiger charge is 2.15. The molecule has 3 nitrogen and oxygen atoms in total. The van der Waals surface area contributed by atoms with Gasteiger partial charge < -0.3 is 0 Å². The highest BCUT2D eigenvalue weighted by atomic mass is 79.9. The molecule has 0 saturated heterocycles. The summed E-state index contributed by atoms with van der Waals surface area (Å²) >= 11 is 8.99. The minimum Gasteiger partial charge on any atom is -0.207 e. The Morgan fingerprint density at radius 3 is 2.60 bits per heavy atom. The highest BCUT2D eigenvalue weighted by molar-refractivity contribution is 9.10. The third-order valence-corrected chi connectivity index (χ3v) is 5.17. The van der Waals surface area contributed by atoms with Gasteiger partial charge in [-0.15, -0.1) is 0 Å². The summed E-state index contributed by atoms with van der Waals surface area (Å²) in [6.45, 7) is 0.0142. The van der Waals surface area contributed by atoms with Gasteiger partial charge in [-0.25, -0.2) is 17.5 Å². The Balaban J connectivity index is 2.17. The standard InChI is InChI=1S/C13H10BrClFNO2S/c14-12-7-11(4-5-13(12)15)20(18,19)17-8-9-2-1-3-10(16)6-9/h1-7,17H,8H2. The minimum atomic E-state index is -3.67. The van der Waals surface area contributed by atoms with Crippen LogP contribution in [-0.4, -0.2) is 8.42 Å². The Kier molecular flexibility index (Phi) is 4.80. The molecule has 106 valence electrons. The largest absolute Gasteiger partial charge is 0.240 e. The van der Waals surface area contributed by atoms with Gasteiger partial charge in [0.15, 0.2) is 0 Å². The van der Waals surface area contributed by atoms with E-state index in [4.69, 9.17) is 11.6 Å². The van der Waals surface area contributed by atoms with E-state index in [1.54, 1.807) is 6.07 Å². The predicted octanol–water partition coefficient (Wildman–Crippen LogP) is 3.72. The quantitative estimate of drug-likeness (QED) is 0.881. The summed E-state index contributed by atoms with van der Waals surface area (Å²) in [6, 6.07) is 10.1. The van der Waals surface area contributed by atoms with Crippen LogP contribution in [-0.2, 0) is 16.6 Å². The van der Waals surface area contributed by atoms with Gasteiger partial charge in [-0.3, -0.25) is 0 Å². The molecule has 0 radical (unpaired) electrons. The average molecular weight is 379 g/mol. The molecule has 0 unspecified atom stereocenters. The van der Waals surface area contributed by atoms with Crippen molar-refractivity contribution >= 4 is 37.6 Å². The molecule has 0 bridgehead atoms. The monoisotopic (exact) mass is 377 g/mol. The lowest BCUT2D eigenvalue weighted by Gasteiger charge is -2.08. The number of benzene rings is 2. The predicted molar refractivity (Wildman–Crippen MR) is 79.6 cm³/mol. The fourth-order valence-electron chi connectivity index (χ4n) is 1.55. The van der Waals surface area contributed by atoms with Gasteiger partial charge in [-0.2, -0.15) is 0 Å². The second-order valence-electron chi connectivity index (χ2n) is 4.03. The maximum Gasteiger partial charge on any atom is 0.240 e. The Morgan fingerprint density at radius 1 is 1.20 bits per heavy atom. The van der Waals surface area contributed by atoms with Gasteiger partial charge in [0.05, 0.1) is 9.92 Å². The van der Waals surface area contributed by atoms with E-state index in [1.165, 1.54) is 36.4 Å². The molecule has 2 aromatic rings. The summed E-state index contributed by atoms with van der Waals surface area (Å²) in [5.41, 5.74) is 0.543. The van der Waals surface area contributed by atoms with E-state index in [2.05, 4.69) is 20.7 Å². The van der Waals surface area contributed by atoms with Gasteiger partial charge in [0, 0.05) is 11.0 Å². The maximum atomic E-state index is 13.0. The SMILES string of the molecule is O=S(=O)(NCc1cccc(F)c1)c1ccc(Cl)c(Br)c1. The van der Waals surface area contributed by atoms with Crippen LogP contribution in [0.3, 0.4) is 0 Å². The van der Waals surface area contributed by atoms with E-state index in [0.29, 0.717) is 15.1 Å². The van der Waals surface area contributed by atoms with Gasteiger partial charge in [-0.05, 0) is 51.8 Å². The molecule has 0 spiro atoms. The third kappa shape index (κ3) is 3.79. The van der Waals surface area contributed by atoms with Crippen LogP contribution < -0.4 is 4.72 Å². The molecular formula is C13H10BrClFNO2S. The average Bonchev–Trinajstić information content (AvgIpc) is 2.40. The Hall–Kier alpha value is -0.950. The van der Waals surface area contributed by atoms with Crippen LogP contribution >= 0.6 is 27.5 Å². The molecule has 0 fully saturated rings. The van der Waals surface area contributed by atoms with Gasteiger partial charge in [0.25, 0.3) is 0 Å². The van der Waals surface area contributed by atoms with E-state index >= 15 is 0 Å². The van der Waals surface area contributed by atoms with Crippen molar-refractivity contribution in [1.29, 1.82) is 0 Å². The summed E-state index contributed by atoms with van der Waals surface area (Å²) in [5.74, 6) is -0.407. The van der Waals surface area contributed by atoms with Crippen LogP contribution in [0.5, 0.6) is 0 Å². The summed E-state index contributed by atoms with van der Waals surface area (Å²) in [7, 11) is -3.67. The lowest BCUT2D eigenvalue weighted by molar-refractivity contribution is 0.580. The Morgan fingerprint density at radius 2 is 1.95 bits per heavy atom. The van der Waals surface area contributed by atoms with Gasteiger partial charge in [0.2, 0.25) is 10.0 Å². The van der Waals surface area contributed by atoms with Crippen molar-refractivity contribution in [2.75, 3.05) is 0 Å². The topological polar surface area (TPSA) is 46.2 Å². The van der Waals surface area contributed by atoms with Gasteiger partial charge in [0.1, 0.15) is 5.82 Å². The van der Waals surface area contributed by atoms with Crippen LogP contribution in [0.25, 0.3) is 0 Å². The van der Waals surface area contributed by atoms with Gasteiger partial charge in [-0.1, -0.05) is 23.7 Å². The molecule has 0 heterocycles. The van der Waals surface area contributed by atoms with Crippen LogP contribution in [0.15, 0.2) is 51.8 Å². The van der Waals surface area contributed by atoms with E-state index in [1.807, 2.05) is 0 Å². The van der Waals surface area contributed by atoms with Crippen molar-refractivity contribution in [3.8, 4) is 0 Å². The molecule has 0 aromatic heterocycles. The molecule has 0 atom stereocenters. The number of nitrogens with one attached hydrogen (secondary N) is 1. The summed E-state index contributed by atoms with van der Waals surface area (Å²) in [5, 5.41) is 0.425. The Bertz CT molecular complexity index is 737. The van der Waals surface area contributed by atoms with Crippen LogP contribution in [0.4, 0.5) is 4.39 Å². The first-order valence-corrected chi connectivity index (χ1v) is 8.23. The number of hydrogen-bond donors (Lipinski definition) is 1. The van der Waals surface area contributed by atoms with Crippen molar-refractivity contribution in [3.05, 3.63) is 63.3 Å². The number of halogens is 3. The van der Waals surface area contributed by atoms with Crippen molar-refractivity contribution in [2.45, 2.75) is 11.4 Å².